The number of thiocarbonyl (C=S) groups is 1. The van der Waals surface area contributed by atoms with Gasteiger partial charge in [-0.3, -0.25) is 24.0 Å². The van der Waals surface area contributed by atoms with Gasteiger partial charge in [0.2, 0.25) is 21.8 Å². The first-order valence-electron chi connectivity index (χ1n) is 16.8. The number of nitrogens with one attached hydrogen (secondary N) is 3. The molecule has 0 spiro atoms. The maximum absolute atomic E-state index is 14.3. The van der Waals surface area contributed by atoms with Gasteiger partial charge in [-0.05, 0) is 73.4 Å². The molecule has 5 N–H and O–H groups in total. The van der Waals surface area contributed by atoms with Gasteiger partial charge in [-0.25, -0.2) is 13.2 Å². The predicted octanol–water partition coefficient (Wildman–Crippen LogP) is 2.44. The van der Waals surface area contributed by atoms with Gasteiger partial charge in [0.25, 0.3) is 5.91 Å². The van der Waals surface area contributed by atoms with E-state index in [1.165, 1.54) is 9.80 Å². The van der Waals surface area contributed by atoms with Crippen molar-refractivity contribution in [3.8, 4) is 0 Å². The van der Waals surface area contributed by atoms with E-state index < -0.39 is 62.8 Å². The number of likely N-dealkylation sites (tertiary alicyclic amines) is 1. The summed E-state index contributed by atoms with van der Waals surface area (Å²) in [5.41, 5.74) is 6.21. The smallest absolute Gasteiger partial charge is 0.410 e. The van der Waals surface area contributed by atoms with Crippen LogP contribution in [0.15, 0.2) is 18.2 Å². The molecule has 1 saturated heterocycles. The molecule has 5 atom stereocenters. The molecular formula is C32H43ClN6O7S2. The van der Waals surface area contributed by atoms with E-state index in [-0.39, 0.29) is 42.9 Å². The summed E-state index contributed by atoms with van der Waals surface area (Å²) < 4.78 is 33.4. The van der Waals surface area contributed by atoms with Crippen LogP contribution < -0.4 is 21.1 Å². The second-order valence-electron chi connectivity index (χ2n) is 13.8. The molecule has 0 radical (unpaired) electrons. The van der Waals surface area contributed by atoms with Crippen molar-refractivity contribution in [3.63, 3.8) is 0 Å². The van der Waals surface area contributed by atoms with Crippen LogP contribution in [0.25, 0.3) is 0 Å². The molecule has 4 fully saturated rings. The Morgan fingerprint density at radius 2 is 1.85 bits per heavy atom. The van der Waals surface area contributed by atoms with E-state index in [0.29, 0.717) is 30.8 Å². The van der Waals surface area contributed by atoms with E-state index in [1.54, 1.807) is 6.07 Å². The van der Waals surface area contributed by atoms with Gasteiger partial charge in [0.1, 0.15) is 23.7 Å². The normalized spacial score (nSPS) is 27.5. The monoisotopic (exact) mass is 722 g/mol. The molecule has 2 aliphatic heterocycles. The van der Waals surface area contributed by atoms with Crippen molar-refractivity contribution in [1.82, 2.24) is 25.2 Å². The van der Waals surface area contributed by atoms with Gasteiger partial charge in [0.05, 0.1) is 18.3 Å². The minimum atomic E-state index is -3.85. The number of fused-ring (bicyclic) bond motifs is 1. The fourth-order valence-electron chi connectivity index (χ4n) is 7.58. The Morgan fingerprint density at radius 1 is 1.12 bits per heavy atom. The van der Waals surface area contributed by atoms with Crippen LogP contribution in [-0.2, 0) is 42.2 Å². The number of sulfonamides is 1. The average molecular weight is 723 g/mol. The Labute approximate surface area is 291 Å². The molecule has 4 amide bonds. The molecule has 48 heavy (non-hydrogen) atoms. The van der Waals surface area contributed by atoms with E-state index in [1.807, 2.05) is 19.1 Å². The Bertz CT molecular complexity index is 1600. The van der Waals surface area contributed by atoms with E-state index in [0.717, 1.165) is 43.2 Å². The second kappa shape index (κ2) is 13.6. The summed E-state index contributed by atoms with van der Waals surface area (Å²) in [7, 11) is -3.85. The zero-order valence-electron chi connectivity index (χ0n) is 26.9. The molecule has 2 heterocycles. The molecule has 0 aromatic heterocycles. The standard InChI is InChI=1S/C32H43ClN6O7S2/c1-2-20-14-32(20,29(42)37-48(44,45)22-11-12-22)36-27(40)25-13-21(46-31(43)38-15-19-9-6-10-24(33)23(19)17-38)16-39(25)28(41)26(35-30(34)47)18-7-4-3-5-8-18/h6,9-10,18,20-22,25-26H,2-5,7-8,11-17H2,1H3,(H,36,40)(H,37,42)(H3,34,35,47)/t20-,21+,25-,26?,32+/m0/s1. The maximum Gasteiger partial charge on any atom is 0.410 e. The van der Waals surface area contributed by atoms with Crippen molar-refractivity contribution < 1.29 is 32.3 Å². The van der Waals surface area contributed by atoms with Gasteiger partial charge in [-0.2, -0.15) is 0 Å². The molecule has 3 aliphatic carbocycles. The van der Waals surface area contributed by atoms with Crippen LogP contribution >= 0.6 is 23.8 Å². The number of hydrogen-bond acceptors (Lipinski definition) is 8. The molecule has 13 nitrogen and oxygen atoms in total. The van der Waals surface area contributed by atoms with E-state index >= 15 is 0 Å². The van der Waals surface area contributed by atoms with Gasteiger partial charge >= 0.3 is 6.09 Å². The molecule has 3 saturated carbocycles. The van der Waals surface area contributed by atoms with Crippen LogP contribution in [0.1, 0.15) is 82.3 Å². The summed E-state index contributed by atoms with van der Waals surface area (Å²) in [6.45, 7) is 2.39. The molecule has 6 rings (SSSR count). The fourth-order valence-corrected chi connectivity index (χ4v) is 9.32. The lowest BCUT2D eigenvalue weighted by Gasteiger charge is -2.35. The SMILES string of the molecule is CC[C@H]1C[C@]1(NC(=O)[C@@H]1C[C@@H](OC(=O)N2Cc3cccc(Cl)c3C2)CN1C(=O)C(NC(N)=S)C1CCCCC1)C(=O)NS(=O)(=O)C1CC1. The van der Waals surface area contributed by atoms with Crippen molar-refractivity contribution in [2.24, 2.45) is 17.6 Å². The summed E-state index contributed by atoms with van der Waals surface area (Å²) in [6, 6.07) is 3.60. The first-order valence-corrected chi connectivity index (χ1v) is 19.1. The minimum Gasteiger partial charge on any atom is -0.444 e. The highest BCUT2D eigenvalue weighted by molar-refractivity contribution is 7.91. The zero-order valence-corrected chi connectivity index (χ0v) is 29.3. The summed E-state index contributed by atoms with van der Waals surface area (Å²) in [4.78, 5) is 58.1. The molecule has 0 bridgehead atoms. The van der Waals surface area contributed by atoms with Crippen molar-refractivity contribution in [2.75, 3.05) is 6.54 Å². The molecule has 1 aromatic carbocycles. The number of ether oxygens (including phenoxy) is 1. The quantitative estimate of drug-likeness (QED) is 0.262. The van der Waals surface area contributed by atoms with Crippen LogP contribution in [0.4, 0.5) is 4.79 Å². The highest BCUT2D eigenvalue weighted by Crippen LogP contribution is 2.47. The maximum atomic E-state index is 14.3. The van der Waals surface area contributed by atoms with Gasteiger partial charge < -0.3 is 26.0 Å². The Balaban J connectivity index is 1.22. The van der Waals surface area contributed by atoms with Crippen LogP contribution in [0.2, 0.25) is 5.02 Å². The van der Waals surface area contributed by atoms with Gasteiger partial charge in [-0.15, -0.1) is 0 Å². The number of carbonyl (C=O) groups excluding carboxylic acids is 4. The van der Waals surface area contributed by atoms with Crippen molar-refractivity contribution >= 4 is 62.8 Å². The van der Waals surface area contributed by atoms with Crippen LogP contribution in [0.5, 0.6) is 0 Å². The third kappa shape index (κ3) is 7.09. The predicted molar refractivity (Wildman–Crippen MR) is 181 cm³/mol. The molecule has 262 valence electrons. The zero-order chi connectivity index (χ0) is 34.4. The molecule has 16 heteroatoms. The highest BCUT2D eigenvalue weighted by Gasteiger charge is 2.62. The summed E-state index contributed by atoms with van der Waals surface area (Å²) in [5.74, 6) is -2.12. The Hall–Kier alpha value is -3.17. The van der Waals surface area contributed by atoms with E-state index in [4.69, 9.17) is 34.3 Å². The number of hydrogen-bond donors (Lipinski definition) is 4. The Kier molecular flexibility index (Phi) is 9.84. The lowest BCUT2D eigenvalue weighted by Crippen LogP contribution is -2.59. The molecule has 1 unspecified atom stereocenters. The first-order chi connectivity index (χ1) is 22.8. The lowest BCUT2D eigenvalue weighted by molar-refractivity contribution is -0.142. The number of amides is 4. The Morgan fingerprint density at radius 3 is 2.48 bits per heavy atom. The number of carbonyl (C=O) groups is 4. The summed E-state index contributed by atoms with van der Waals surface area (Å²) in [6.07, 6.45) is 4.85. The fraction of sp³-hybridized carbons (Fsp3) is 0.656. The first kappa shape index (κ1) is 34.7. The van der Waals surface area contributed by atoms with Gasteiger partial charge in [0.15, 0.2) is 5.11 Å². The topological polar surface area (TPSA) is 180 Å². The van der Waals surface area contributed by atoms with Crippen molar-refractivity contribution in [2.45, 2.75) is 113 Å². The minimum absolute atomic E-state index is 0.00974. The largest absolute Gasteiger partial charge is 0.444 e. The summed E-state index contributed by atoms with van der Waals surface area (Å²) >= 11 is 11.5. The summed E-state index contributed by atoms with van der Waals surface area (Å²) in [5, 5.41) is 5.72. The second-order valence-corrected chi connectivity index (χ2v) is 16.6. The number of halogens is 1. The van der Waals surface area contributed by atoms with Crippen LogP contribution in [0, 0.1) is 11.8 Å². The van der Waals surface area contributed by atoms with E-state index in [2.05, 4.69) is 15.4 Å². The van der Waals surface area contributed by atoms with Crippen LogP contribution in [0.3, 0.4) is 0 Å². The number of benzene rings is 1. The molecule has 5 aliphatic rings. The third-order valence-corrected chi connectivity index (χ3v) is 12.8. The van der Waals surface area contributed by atoms with Crippen molar-refractivity contribution in [1.29, 1.82) is 0 Å². The number of rotatable bonds is 10. The average Bonchev–Trinajstić information content (AvgIpc) is 3.94. The molecular weight excluding hydrogens is 680 g/mol. The van der Waals surface area contributed by atoms with Gasteiger partial charge in [0, 0.05) is 18.0 Å². The highest BCUT2D eigenvalue weighted by atomic mass is 35.5. The third-order valence-electron chi connectivity index (χ3n) is 10.5. The number of nitrogens with two attached hydrogens (primary N) is 1. The van der Waals surface area contributed by atoms with Crippen LogP contribution in [-0.4, -0.2) is 82.7 Å². The van der Waals surface area contributed by atoms with Gasteiger partial charge in [-0.1, -0.05) is 56.3 Å². The van der Waals surface area contributed by atoms with E-state index in [9.17, 15) is 27.6 Å². The van der Waals surface area contributed by atoms with Crippen molar-refractivity contribution in [3.05, 3.63) is 34.3 Å². The molecule has 1 aromatic rings. The lowest BCUT2D eigenvalue weighted by atomic mass is 9.83. The number of nitrogens with zero attached hydrogens (tertiary/aromatic N) is 2.